The topological polar surface area (TPSA) is 33.3 Å². The van der Waals surface area contributed by atoms with Crippen LogP contribution in [-0.4, -0.2) is 19.6 Å². The van der Waals surface area contributed by atoms with Crippen molar-refractivity contribution in [2.24, 2.45) is 5.92 Å². The van der Waals surface area contributed by atoms with Crippen molar-refractivity contribution < 1.29 is 4.74 Å². The summed E-state index contributed by atoms with van der Waals surface area (Å²) in [6, 6.07) is 18.7. The quantitative estimate of drug-likeness (QED) is 0.800. The first kappa shape index (κ1) is 18.8. The molecule has 2 aromatic carbocycles. The number of halogens is 1. The molecular weight excluding hydrogens is 320 g/mol. The molecule has 0 amide bonds. The summed E-state index contributed by atoms with van der Waals surface area (Å²) >= 11 is 0. The Morgan fingerprint density at radius 3 is 2.33 bits per heavy atom. The lowest BCUT2D eigenvalue weighted by Crippen LogP contribution is -2.33. The molecule has 0 aliphatic carbocycles. The molecule has 0 saturated carbocycles. The highest BCUT2D eigenvalue weighted by Gasteiger charge is 2.11. The van der Waals surface area contributed by atoms with Crippen molar-refractivity contribution in [1.82, 2.24) is 10.6 Å². The number of hydrogen-bond donors (Lipinski definition) is 2. The predicted octanol–water partition coefficient (Wildman–Crippen LogP) is 3.78. The van der Waals surface area contributed by atoms with Crippen molar-refractivity contribution in [1.29, 1.82) is 0 Å². The minimum Gasteiger partial charge on any atom is -0.489 e. The summed E-state index contributed by atoms with van der Waals surface area (Å²) in [4.78, 5) is 0. The van der Waals surface area contributed by atoms with Gasteiger partial charge < -0.3 is 15.4 Å². The van der Waals surface area contributed by atoms with Crippen molar-refractivity contribution in [2.75, 3.05) is 19.6 Å². The number of piperidine rings is 1. The van der Waals surface area contributed by atoms with E-state index in [1.165, 1.54) is 37.1 Å². The molecule has 2 N–H and O–H groups in total. The van der Waals surface area contributed by atoms with E-state index in [0.29, 0.717) is 6.61 Å². The van der Waals surface area contributed by atoms with Gasteiger partial charge in [-0.3, -0.25) is 0 Å². The summed E-state index contributed by atoms with van der Waals surface area (Å²) in [6.45, 7) is 5.00. The smallest absolute Gasteiger partial charge is 0.119 e. The van der Waals surface area contributed by atoms with Crippen molar-refractivity contribution in [3.8, 4) is 5.75 Å². The summed E-state index contributed by atoms with van der Waals surface area (Å²) in [5.74, 6) is 1.75. The molecule has 0 radical (unpaired) electrons. The average Bonchev–Trinajstić information content (AvgIpc) is 2.63. The van der Waals surface area contributed by atoms with Gasteiger partial charge in [-0.25, -0.2) is 0 Å². The lowest BCUT2D eigenvalue weighted by Gasteiger charge is -2.22. The number of hydrogen-bond acceptors (Lipinski definition) is 3. The molecule has 1 heterocycles. The summed E-state index contributed by atoms with van der Waals surface area (Å²) < 4.78 is 5.82. The molecular formula is C20H27ClN2O. The van der Waals surface area contributed by atoms with Gasteiger partial charge >= 0.3 is 0 Å². The Balaban J connectivity index is 0.00000208. The molecule has 1 aliphatic rings. The van der Waals surface area contributed by atoms with Gasteiger partial charge in [0.2, 0.25) is 0 Å². The van der Waals surface area contributed by atoms with Crippen molar-refractivity contribution in [3.63, 3.8) is 0 Å². The zero-order chi connectivity index (χ0) is 15.7. The third-order valence-electron chi connectivity index (χ3n) is 4.39. The third kappa shape index (κ3) is 6.16. The van der Waals surface area contributed by atoms with Crippen LogP contribution in [0.3, 0.4) is 0 Å². The molecule has 1 fully saturated rings. The monoisotopic (exact) mass is 346 g/mol. The molecule has 0 bridgehead atoms. The van der Waals surface area contributed by atoms with Gasteiger partial charge in [0.15, 0.2) is 0 Å². The Kier molecular flexibility index (Phi) is 8.10. The van der Waals surface area contributed by atoms with E-state index in [9.17, 15) is 0 Å². The SMILES string of the molecule is Cl.c1ccc(COc2ccc(CNCC3CCNCC3)cc2)cc1. The van der Waals surface area contributed by atoms with Crippen LogP contribution in [0.1, 0.15) is 24.0 Å². The Morgan fingerprint density at radius 1 is 0.917 bits per heavy atom. The maximum atomic E-state index is 5.82. The number of rotatable bonds is 7. The molecule has 0 unspecified atom stereocenters. The average molecular weight is 347 g/mol. The second kappa shape index (κ2) is 10.3. The Morgan fingerprint density at radius 2 is 1.62 bits per heavy atom. The van der Waals surface area contributed by atoms with Crippen molar-refractivity contribution in [2.45, 2.75) is 26.0 Å². The predicted molar refractivity (Wildman–Crippen MR) is 102 cm³/mol. The summed E-state index contributed by atoms with van der Waals surface area (Å²) in [7, 11) is 0. The highest BCUT2D eigenvalue weighted by atomic mass is 35.5. The van der Waals surface area contributed by atoms with E-state index >= 15 is 0 Å². The van der Waals surface area contributed by atoms with Gasteiger partial charge in [0.25, 0.3) is 0 Å². The molecule has 0 aromatic heterocycles. The van der Waals surface area contributed by atoms with E-state index < -0.39 is 0 Å². The van der Waals surface area contributed by atoms with E-state index in [-0.39, 0.29) is 12.4 Å². The van der Waals surface area contributed by atoms with Gasteiger partial charge in [-0.2, -0.15) is 0 Å². The Hall–Kier alpha value is -1.55. The molecule has 130 valence electrons. The van der Waals surface area contributed by atoms with Gasteiger partial charge in [-0.05, 0) is 61.7 Å². The lowest BCUT2D eigenvalue weighted by atomic mass is 9.98. The second-order valence-electron chi connectivity index (χ2n) is 6.24. The van der Waals surface area contributed by atoms with Crippen LogP contribution in [0.2, 0.25) is 0 Å². The van der Waals surface area contributed by atoms with Crippen LogP contribution in [-0.2, 0) is 13.2 Å². The third-order valence-corrected chi connectivity index (χ3v) is 4.39. The standard InChI is InChI=1S/C20H26N2O.ClH/c1-2-4-19(5-3-1)16-23-20-8-6-17(7-9-20)14-22-15-18-10-12-21-13-11-18;/h1-9,18,21-22H,10-16H2;1H. The highest BCUT2D eigenvalue weighted by molar-refractivity contribution is 5.85. The van der Waals surface area contributed by atoms with E-state index in [1.807, 2.05) is 18.2 Å². The first-order valence-electron chi connectivity index (χ1n) is 8.57. The number of nitrogens with one attached hydrogen (secondary N) is 2. The maximum Gasteiger partial charge on any atom is 0.119 e. The van der Waals surface area contributed by atoms with E-state index in [1.54, 1.807) is 0 Å². The summed E-state index contributed by atoms with van der Waals surface area (Å²) in [6.07, 6.45) is 2.58. The Labute approximate surface area is 151 Å². The van der Waals surface area contributed by atoms with E-state index in [0.717, 1.165) is 24.8 Å². The fourth-order valence-corrected chi connectivity index (χ4v) is 2.95. The molecule has 3 nitrogen and oxygen atoms in total. The fraction of sp³-hybridized carbons (Fsp3) is 0.400. The first-order valence-corrected chi connectivity index (χ1v) is 8.57. The largest absolute Gasteiger partial charge is 0.489 e. The molecule has 1 saturated heterocycles. The molecule has 4 heteroatoms. The van der Waals surface area contributed by atoms with Gasteiger partial charge in [-0.15, -0.1) is 12.4 Å². The lowest BCUT2D eigenvalue weighted by molar-refractivity contribution is 0.306. The van der Waals surface area contributed by atoms with Crippen LogP contribution in [0, 0.1) is 5.92 Å². The second-order valence-corrected chi connectivity index (χ2v) is 6.24. The van der Waals surface area contributed by atoms with Gasteiger partial charge in [-0.1, -0.05) is 42.5 Å². The Bertz CT molecular complexity index is 568. The highest BCUT2D eigenvalue weighted by Crippen LogP contribution is 2.15. The minimum atomic E-state index is 0. The zero-order valence-electron chi connectivity index (χ0n) is 14.0. The maximum absolute atomic E-state index is 5.82. The molecule has 3 rings (SSSR count). The molecule has 1 aliphatic heterocycles. The van der Waals surface area contributed by atoms with Crippen LogP contribution in [0.15, 0.2) is 54.6 Å². The molecule has 0 atom stereocenters. The fourth-order valence-electron chi connectivity index (χ4n) is 2.95. The van der Waals surface area contributed by atoms with Crippen LogP contribution in [0.4, 0.5) is 0 Å². The van der Waals surface area contributed by atoms with E-state index in [4.69, 9.17) is 4.74 Å². The summed E-state index contributed by atoms with van der Waals surface area (Å²) in [5.41, 5.74) is 2.51. The molecule has 24 heavy (non-hydrogen) atoms. The zero-order valence-corrected chi connectivity index (χ0v) is 14.9. The minimum absolute atomic E-state index is 0. The van der Waals surface area contributed by atoms with Crippen LogP contribution in [0.5, 0.6) is 5.75 Å². The number of ether oxygens (including phenoxy) is 1. The van der Waals surface area contributed by atoms with Crippen molar-refractivity contribution in [3.05, 3.63) is 65.7 Å². The van der Waals surface area contributed by atoms with E-state index in [2.05, 4.69) is 47.0 Å². The van der Waals surface area contributed by atoms with Crippen LogP contribution in [0.25, 0.3) is 0 Å². The summed E-state index contributed by atoms with van der Waals surface area (Å²) in [5, 5.41) is 6.99. The van der Waals surface area contributed by atoms with Crippen LogP contribution >= 0.6 is 12.4 Å². The number of benzene rings is 2. The van der Waals surface area contributed by atoms with Gasteiger partial charge in [0, 0.05) is 6.54 Å². The molecule has 2 aromatic rings. The van der Waals surface area contributed by atoms with Crippen molar-refractivity contribution >= 4 is 12.4 Å². The first-order chi connectivity index (χ1) is 11.4. The van der Waals surface area contributed by atoms with Crippen LogP contribution < -0.4 is 15.4 Å². The van der Waals surface area contributed by atoms with Gasteiger partial charge in [0.1, 0.15) is 12.4 Å². The normalized spacial score (nSPS) is 14.8. The molecule has 0 spiro atoms. The van der Waals surface area contributed by atoms with Gasteiger partial charge in [0.05, 0.1) is 0 Å².